The number of sulfonamides is 1. The average molecular weight is 453 g/mol. The Balaban J connectivity index is 1.72. The maximum absolute atomic E-state index is 13.3. The summed E-state index contributed by atoms with van der Waals surface area (Å²) in [5, 5.41) is 2.89. The SMILES string of the molecule is Cc1cccc(C)c1NC(=O)[C@H](NS(=O)(=O)c1cccc2nsnc12)c1ccccc1. The number of hydrogen-bond donors (Lipinski definition) is 2. The van der Waals surface area contributed by atoms with Crippen molar-refractivity contribution in [3.05, 3.63) is 83.4 Å². The van der Waals surface area contributed by atoms with Crippen molar-refractivity contribution in [2.75, 3.05) is 5.32 Å². The molecule has 158 valence electrons. The molecule has 4 aromatic rings. The van der Waals surface area contributed by atoms with E-state index in [-0.39, 0.29) is 10.4 Å². The van der Waals surface area contributed by atoms with E-state index in [1.165, 1.54) is 6.07 Å². The van der Waals surface area contributed by atoms with E-state index in [1.807, 2.05) is 32.0 Å². The predicted octanol–water partition coefficient (Wildman–Crippen LogP) is 3.97. The van der Waals surface area contributed by atoms with Crippen molar-refractivity contribution >= 4 is 44.4 Å². The molecule has 1 aromatic heterocycles. The van der Waals surface area contributed by atoms with Gasteiger partial charge in [-0.25, -0.2) is 8.42 Å². The Morgan fingerprint density at radius 1 is 0.903 bits per heavy atom. The van der Waals surface area contributed by atoms with Gasteiger partial charge >= 0.3 is 0 Å². The molecule has 2 N–H and O–H groups in total. The zero-order valence-corrected chi connectivity index (χ0v) is 18.5. The van der Waals surface area contributed by atoms with Crippen LogP contribution in [0.4, 0.5) is 5.69 Å². The van der Waals surface area contributed by atoms with Crippen molar-refractivity contribution in [2.45, 2.75) is 24.8 Å². The summed E-state index contributed by atoms with van der Waals surface area (Å²) in [4.78, 5) is 13.3. The number of amides is 1. The number of carbonyl (C=O) groups excluding carboxylic acids is 1. The number of carbonyl (C=O) groups is 1. The van der Waals surface area contributed by atoms with Crippen molar-refractivity contribution in [1.82, 2.24) is 13.5 Å². The number of anilines is 1. The van der Waals surface area contributed by atoms with Gasteiger partial charge in [-0.05, 0) is 42.7 Å². The van der Waals surface area contributed by atoms with Crippen LogP contribution < -0.4 is 10.0 Å². The van der Waals surface area contributed by atoms with Crippen LogP contribution in [0.15, 0.2) is 71.6 Å². The number of nitrogens with zero attached hydrogens (tertiary/aromatic N) is 2. The van der Waals surface area contributed by atoms with Crippen molar-refractivity contribution in [1.29, 1.82) is 0 Å². The summed E-state index contributed by atoms with van der Waals surface area (Å²) in [7, 11) is -4.07. The van der Waals surface area contributed by atoms with Gasteiger partial charge in [0, 0.05) is 5.69 Å². The topological polar surface area (TPSA) is 101 Å². The van der Waals surface area contributed by atoms with Crippen molar-refractivity contribution in [2.24, 2.45) is 0 Å². The molecule has 0 fully saturated rings. The summed E-state index contributed by atoms with van der Waals surface area (Å²) in [6, 6.07) is 18.0. The second-order valence-electron chi connectivity index (χ2n) is 7.11. The molecule has 0 saturated carbocycles. The highest BCUT2D eigenvalue weighted by molar-refractivity contribution is 7.89. The molecule has 4 rings (SSSR count). The molecular formula is C22H20N4O3S2. The largest absolute Gasteiger partial charge is 0.324 e. The fraction of sp³-hybridized carbons (Fsp3) is 0.136. The van der Waals surface area contributed by atoms with E-state index >= 15 is 0 Å². The van der Waals surface area contributed by atoms with E-state index in [0.717, 1.165) is 22.9 Å². The number of hydrogen-bond acceptors (Lipinski definition) is 6. The first-order chi connectivity index (χ1) is 14.9. The Morgan fingerprint density at radius 3 is 2.29 bits per heavy atom. The van der Waals surface area contributed by atoms with E-state index in [9.17, 15) is 13.2 Å². The number of fused-ring (bicyclic) bond motifs is 1. The molecule has 1 atom stereocenters. The molecule has 9 heteroatoms. The minimum absolute atomic E-state index is 0.0143. The first-order valence-electron chi connectivity index (χ1n) is 9.52. The maximum atomic E-state index is 13.3. The molecule has 0 spiro atoms. The maximum Gasteiger partial charge on any atom is 0.247 e. The van der Waals surface area contributed by atoms with Crippen LogP contribution in [0.1, 0.15) is 22.7 Å². The highest BCUT2D eigenvalue weighted by Crippen LogP contribution is 2.26. The van der Waals surface area contributed by atoms with Crippen LogP contribution in [0.5, 0.6) is 0 Å². The van der Waals surface area contributed by atoms with Gasteiger partial charge in [-0.2, -0.15) is 13.5 Å². The molecule has 7 nitrogen and oxygen atoms in total. The summed E-state index contributed by atoms with van der Waals surface area (Å²) in [6.45, 7) is 3.78. The van der Waals surface area contributed by atoms with Gasteiger partial charge in [-0.15, -0.1) is 0 Å². The number of aromatic nitrogens is 2. The fourth-order valence-corrected chi connectivity index (χ4v) is 5.29. The lowest BCUT2D eigenvalue weighted by Crippen LogP contribution is -2.37. The van der Waals surface area contributed by atoms with Gasteiger partial charge in [0.25, 0.3) is 0 Å². The summed E-state index contributed by atoms with van der Waals surface area (Å²) in [5.41, 5.74) is 3.74. The Kier molecular flexibility index (Phi) is 5.81. The normalized spacial score (nSPS) is 12.6. The van der Waals surface area contributed by atoms with Crippen LogP contribution >= 0.6 is 11.7 Å². The van der Waals surface area contributed by atoms with Crippen LogP contribution in [-0.4, -0.2) is 23.1 Å². The molecule has 31 heavy (non-hydrogen) atoms. The Hall–Kier alpha value is -3.14. The van der Waals surface area contributed by atoms with Gasteiger partial charge in [0.2, 0.25) is 15.9 Å². The van der Waals surface area contributed by atoms with E-state index in [1.54, 1.807) is 42.5 Å². The van der Waals surface area contributed by atoms with Gasteiger partial charge in [-0.3, -0.25) is 4.79 Å². The lowest BCUT2D eigenvalue weighted by molar-refractivity contribution is -0.117. The van der Waals surface area contributed by atoms with E-state index in [0.29, 0.717) is 16.8 Å². The molecule has 0 bridgehead atoms. The smallest absolute Gasteiger partial charge is 0.247 e. The lowest BCUT2D eigenvalue weighted by Gasteiger charge is -2.20. The lowest BCUT2D eigenvalue weighted by atomic mass is 10.1. The van der Waals surface area contributed by atoms with Gasteiger partial charge in [0.05, 0.1) is 11.7 Å². The minimum Gasteiger partial charge on any atom is -0.324 e. The Labute approximate surface area is 184 Å². The molecule has 0 unspecified atom stereocenters. The third kappa shape index (κ3) is 4.34. The van der Waals surface area contributed by atoms with E-state index in [2.05, 4.69) is 18.8 Å². The van der Waals surface area contributed by atoms with Crippen LogP contribution in [-0.2, 0) is 14.8 Å². The number of para-hydroxylation sites is 1. The van der Waals surface area contributed by atoms with Crippen LogP contribution in [0.3, 0.4) is 0 Å². The number of aryl methyl sites for hydroxylation is 2. The Morgan fingerprint density at radius 2 is 1.58 bits per heavy atom. The first kappa shape index (κ1) is 21.1. The highest BCUT2D eigenvalue weighted by atomic mass is 32.2. The standard InChI is InChI=1S/C22H20N4O3S2/c1-14-8-6-9-15(2)19(14)23-22(27)20(16-10-4-3-5-11-16)26-31(28,29)18-13-7-12-17-21(18)25-30-24-17/h3-13,20,26H,1-2H3,(H,23,27)/t20-/m1/s1. The third-order valence-electron chi connectivity index (χ3n) is 4.94. The Bertz CT molecular complexity index is 1330. The van der Waals surface area contributed by atoms with Gasteiger partial charge in [-0.1, -0.05) is 54.6 Å². The number of rotatable bonds is 6. The molecule has 0 aliphatic rings. The van der Waals surface area contributed by atoms with Crippen LogP contribution in [0.25, 0.3) is 11.0 Å². The summed E-state index contributed by atoms with van der Waals surface area (Å²) < 4.78 is 37.3. The average Bonchev–Trinajstić information content (AvgIpc) is 3.24. The molecule has 0 aliphatic heterocycles. The summed E-state index contributed by atoms with van der Waals surface area (Å²) in [5.74, 6) is -0.476. The molecule has 0 saturated heterocycles. The van der Waals surface area contributed by atoms with Crippen molar-refractivity contribution < 1.29 is 13.2 Å². The molecule has 1 amide bonds. The number of benzene rings is 3. The minimum atomic E-state index is -4.07. The molecular weight excluding hydrogens is 432 g/mol. The molecule has 3 aromatic carbocycles. The highest BCUT2D eigenvalue weighted by Gasteiger charge is 2.29. The second kappa shape index (κ2) is 8.54. The molecule has 0 aliphatic carbocycles. The van der Waals surface area contributed by atoms with E-state index in [4.69, 9.17) is 0 Å². The summed E-state index contributed by atoms with van der Waals surface area (Å²) >= 11 is 0.938. The molecule has 1 heterocycles. The van der Waals surface area contributed by atoms with Gasteiger partial charge in [0.15, 0.2) is 0 Å². The second-order valence-corrected chi connectivity index (χ2v) is 9.32. The number of nitrogens with one attached hydrogen (secondary N) is 2. The van der Waals surface area contributed by atoms with Crippen LogP contribution in [0, 0.1) is 13.8 Å². The van der Waals surface area contributed by atoms with Crippen LogP contribution in [0.2, 0.25) is 0 Å². The first-order valence-corrected chi connectivity index (χ1v) is 11.7. The quantitative estimate of drug-likeness (QED) is 0.461. The zero-order chi connectivity index (χ0) is 22.0. The summed E-state index contributed by atoms with van der Waals surface area (Å²) in [6.07, 6.45) is 0. The van der Waals surface area contributed by atoms with Crippen molar-refractivity contribution in [3.8, 4) is 0 Å². The third-order valence-corrected chi connectivity index (χ3v) is 6.93. The van der Waals surface area contributed by atoms with Gasteiger partial charge in [0.1, 0.15) is 22.0 Å². The predicted molar refractivity (Wildman–Crippen MR) is 121 cm³/mol. The van der Waals surface area contributed by atoms with Gasteiger partial charge < -0.3 is 5.32 Å². The van der Waals surface area contributed by atoms with E-state index < -0.39 is 22.0 Å². The fourth-order valence-electron chi connectivity index (χ4n) is 3.34. The zero-order valence-electron chi connectivity index (χ0n) is 16.9. The van der Waals surface area contributed by atoms with Crippen molar-refractivity contribution in [3.63, 3.8) is 0 Å². The monoisotopic (exact) mass is 452 g/mol. The molecule has 0 radical (unpaired) electrons.